The molecule has 1 aliphatic rings. The van der Waals surface area contributed by atoms with Crippen molar-refractivity contribution in [3.8, 4) is 5.75 Å². The van der Waals surface area contributed by atoms with E-state index in [1.165, 1.54) is 12.1 Å². The molecule has 1 fully saturated rings. The number of hydrogen-bond donors (Lipinski definition) is 1. The van der Waals surface area contributed by atoms with E-state index in [4.69, 9.17) is 22.1 Å². The Balaban J connectivity index is 0.00000200. The zero-order valence-corrected chi connectivity index (χ0v) is 12.2. The van der Waals surface area contributed by atoms with Crippen molar-refractivity contribution in [3.05, 3.63) is 28.8 Å². The lowest BCUT2D eigenvalue weighted by Gasteiger charge is -2.27. The second-order valence-electron chi connectivity index (χ2n) is 4.77. The molecule has 1 aromatic rings. The zero-order chi connectivity index (χ0) is 14.0. The Morgan fingerprint density at radius 1 is 1.15 bits per heavy atom. The first kappa shape index (κ1) is 17.4. The summed E-state index contributed by atoms with van der Waals surface area (Å²) in [6.07, 6.45) is -1.45. The molecule has 2 rings (SSSR count). The third kappa shape index (κ3) is 4.17. The van der Waals surface area contributed by atoms with Gasteiger partial charge in [0.15, 0.2) is 0 Å². The van der Waals surface area contributed by atoms with Crippen LogP contribution >= 0.6 is 24.0 Å². The Morgan fingerprint density at radius 3 is 2.30 bits per heavy atom. The van der Waals surface area contributed by atoms with Crippen molar-refractivity contribution < 1.29 is 17.9 Å². The van der Waals surface area contributed by atoms with E-state index in [2.05, 4.69) is 0 Å². The van der Waals surface area contributed by atoms with E-state index >= 15 is 0 Å². The third-order valence-corrected chi connectivity index (χ3v) is 3.67. The highest BCUT2D eigenvalue weighted by atomic mass is 35.5. The van der Waals surface area contributed by atoms with Crippen LogP contribution in [0.3, 0.4) is 0 Å². The lowest BCUT2D eigenvalue weighted by molar-refractivity contribution is -0.137. The molecule has 1 aromatic carbocycles. The standard InChI is InChI=1S/C13H15ClF3NO.ClH/c14-12-10(13(15,16)17)2-1-3-11(12)19-9-6-4-8(18)5-7-9;/h1-3,8-9H,4-7,18H2;1H. The fraction of sp³-hybridized carbons (Fsp3) is 0.538. The van der Waals surface area contributed by atoms with Crippen LogP contribution in [0.4, 0.5) is 13.2 Å². The van der Waals surface area contributed by atoms with E-state index in [9.17, 15) is 13.2 Å². The van der Waals surface area contributed by atoms with Gasteiger partial charge >= 0.3 is 6.18 Å². The van der Waals surface area contributed by atoms with Crippen LogP contribution < -0.4 is 10.5 Å². The zero-order valence-electron chi connectivity index (χ0n) is 10.6. The average molecular weight is 330 g/mol. The second-order valence-corrected chi connectivity index (χ2v) is 5.15. The van der Waals surface area contributed by atoms with E-state index in [1.54, 1.807) is 0 Å². The molecular weight excluding hydrogens is 314 g/mol. The maximum absolute atomic E-state index is 12.7. The molecule has 1 saturated carbocycles. The highest BCUT2D eigenvalue weighted by Crippen LogP contribution is 2.40. The number of nitrogens with two attached hydrogens (primary N) is 1. The van der Waals surface area contributed by atoms with Crippen LogP contribution in [-0.2, 0) is 6.18 Å². The van der Waals surface area contributed by atoms with Gasteiger partial charge < -0.3 is 10.5 Å². The van der Waals surface area contributed by atoms with E-state index in [-0.39, 0.29) is 35.3 Å². The number of benzene rings is 1. The van der Waals surface area contributed by atoms with Crippen LogP contribution in [0.5, 0.6) is 5.75 Å². The van der Waals surface area contributed by atoms with Gasteiger partial charge in [-0.25, -0.2) is 0 Å². The van der Waals surface area contributed by atoms with Crippen molar-refractivity contribution in [2.24, 2.45) is 5.73 Å². The minimum atomic E-state index is -4.47. The van der Waals surface area contributed by atoms with Crippen LogP contribution in [0.1, 0.15) is 31.2 Å². The summed E-state index contributed by atoms with van der Waals surface area (Å²) in [6, 6.07) is 3.88. The van der Waals surface area contributed by atoms with Gasteiger partial charge in [0.05, 0.1) is 16.7 Å². The fourth-order valence-corrected chi connectivity index (χ4v) is 2.48. The Labute approximate surface area is 126 Å². The van der Waals surface area contributed by atoms with E-state index in [0.717, 1.165) is 31.7 Å². The van der Waals surface area contributed by atoms with Gasteiger partial charge in [0, 0.05) is 6.04 Å². The largest absolute Gasteiger partial charge is 0.489 e. The van der Waals surface area contributed by atoms with Gasteiger partial charge in [-0.2, -0.15) is 13.2 Å². The van der Waals surface area contributed by atoms with Crippen LogP contribution in [0.25, 0.3) is 0 Å². The van der Waals surface area contributed by atoms with Gasteiger partial charge in [-0.1, -0.05) is 17.7 Å². The number of halogens is 5. The summed E-state index contributed by atoms with van der Waals surface area (Å²) >= 11 is 5.77. The minimum Gasteiger partial charge on any atom is -0.489 e. The molecule has 0 aromatic heterocycles. The lowest BCUT2D eigenvalue weighted by atomic mass is 9.94. The van der Waals surface area contributed by atoms with Crippen molar-refractivity contribution >= 4 is 24.0 Å². The second kappa shape index (κ2) is 6.87. The first-order valence-electron chi connectivity index (χ1n) is 6.16. The topological polar surface area (TPSA) is 35.2 Å². The van der Waals surface area contributed by atoms with E-state index < -0.39 is 11.7 Å². The summed E-state index contributed by atoms with van der Waals surface area (Å²) in [5.74, 6) is 0.0944. The molecule has 0 saturated heterocycles. The Hall–Kier alpha value is -0.650. The molecule has 7 heteroatoms. The molecule has 0 aliphatic heterocycles. The Bertz CT molecular complexity index is 446. The molecule has 0 spiro atoms. The molecule has 1 aliphatic carbocycles. The molecule has 0 radical (unpaired) electrons. The minimum absolute atomic E-state index is 0. The number of ether oxygens (including phenoxy) is 1. The molecule has 2 N–H and O–H groups in total. The molecule has 0 atom stereocenters. The van der Waals surface area contributed by atoms with Crippen molar-refractivity contribution in [1.29, 1.82) is 0 Å². The smallest absolute Gasteiger partial charge is 0.417 e. The van der Waals surface area contributed by atoms with E-state index in [1.807, 2.05) is 0 Å². The molecule has 0 amide bonds. The quantitative estimate of drug-likeness (QED) is 0.871. The molecular formula is C13H16Cl2F3NO. The highest BCUT2D eigenvalue weighted by Gasteiger charge is 2.34. The average Bonchev–Trinajstić information content (AvgIpc) is 2.33. The molecule has 114 valence electrons. The summed E-state index contributed by atoms with van der Waals surface area (Å²) in [6.45, 7) is 0. The summed E-state index contributed by atoms with van der Waals surface area (Å²) in [5.41, 5.74) is 4.91. The predicted molar refractivity (Wildman–Crippen MR) is 74.6 cm³/mol. The molecule has 0 heterocycles. The van der Waals surface area contributed by atoms with Crippen molar-refractivity contribution in [2.45, 2.75) is 44.0 Å². The predicted octanol–water partition coefficient (Wildman–Crippen LogP) is 4.43. The van der Waals surface area contributed by atoms with Crippen LogP contribution in [0.15, 0.2) is 18.2 Å². The van der Waals surface area contributed by atoms with Crippen molar-refractivity contribution in [2.75, 3.05) is 0 Å². The van der Waals surface area contributed by atoms with Crippen molar-refractivity contribution in [3.63, 3.8) is 0 Å². The van der Waals surface area contributed by atoms with Crippen LogP contribution in [0, 0.1) is 0 Å². The fourth-order valence-electron chi connectivity index (χ4n) is 2.21. The first-order chi connectivity index (χ1) is 8.88. The lowest BCUT2D eigenvalue weighted by Crippen LogP contribution is -2.31. The normalized spacial score (nSPS) is 23.1. The molecule has 20 heavy (non-hydrogen) atoms. The number of rotatable bonds is 2. The molecule has 2 nitrogen and oxygen atoms in total. The van der Waals surface area contributed by atoms with Gasteiger partial charge in [0.25, 0.3) is 0 Å². The van der Waals surface area contributed by atoms with Crippen LogP contribution in [-0.4, -0.2) is 12.1 Å². The number of alkyl halides is 3. The molecule has 0 bridgehead atoms. The maximum atomic E-state index is 12.7. The van der Waals surface area contributed by atoms with E-state index in [0.29, 0.717) is 0 Å². The monoisotopic (exact) mass is 329 g/mol. The summed E-state index contributed by atoms with van der Waals surface area (Å²) < 4.78 is 43.7. The maximum Gasteiger partial charge on any atom is 0.417 e. The van der Waals surface area contributed by atoms with Gasteiger partial charge in [0.1, 0.15) is 5.75 Å². The van der Waals surface area contributed by atoms with Gasteiger partial charge in [-0.05, 0) is 37.8 Å². The van der Waals surface area contributed by atoms with Crippen LogP contribution in [0.2, 0.25) is 5.02 Å². The van der Waals surface area contributed by atoms with Gasteiger partial charge in [-0.3, -0.25) is 0 Å². The Kier molecular flexibility index (Phi) is 5.98. The Morgan fingerprint density at radius 2 is 1.75 bits per heavy atom. The third-order valence-electron chi connectivity index (χ3n) is 3.28. The van der Waals surface area contributed by atoms with Gasteiger partial charge in [-0.15, -0.1) is 12.4 Å². The van der Waals surface area contributed by atoms with Crippen molar-refractivity contribution in [1.82, 2.24) is 0 Å². The first-order valence-corrected chi connectivity index (χ1v) is 6.53. The highest BCUT2D eigenvalue weighted by molar-refractivity contribution is 6.32. The summed E-state index contributed by atoms with van der Waals surface area (Å²) in [4.78, 5) is 0. The summed E-state index contributed by atoms with van der Waals surface area (Å²) in [7, 11) is 0. The SMILES string of the molecule is Cl.NC1CCC(Oc2cccc(C(F)(F)F)c2Cl)CC1. The van der Waals surface area contributed by atoms with Gasteiger partial charge in [0.2, 0.25) is 0 Å². The molecule has 0 unspecified atom stereocenters. The summed E-state index contributed by atoms with van der Waals surface area (Å²) in [5, 5.41) is -0.370. The number of hydrogen-bond acceptors (Lipinski definition) is 2.